The molecule has 0 saturated heterocycles. The fraction of sp³-hybridized carbons (Fsp3) is 0.353. The average molecular weight is 414 g/mol. The summed E-state index contributed by atoms with van der Waals surface area (Å²) in [6.07, 6.45) is 0.550. The molecule has 0 aliphatic heterocycles. The topological polar surface area (TPSA) is 80.3 Å². The molecule has 0 spiro atoms. The molecular formula is C17H17Cl2N3O3S. The fourth-order valence-corrected chi connectivity index (χ4v) is 3.54. The van der Waals surface area contributed by atoms with E-state index in [1.165, 1.54) is 11.3 Å². The molecule has 1 aliphatic carbocycles. The smallest absolute Gasteiger partial charge is 0.229 e. The molecule has 0 bridgehead atoms. The van der Waals surface area contributed by atoms with Crippen LogP contribution in [0.1, 0.15) is 6.42 Å². The van der Waals surface area contributed by atoms with Gasteiger partial charge in [-0.15, -0.1) is 11.3 Å². The van der Waals surface area contributed by atoms with Gasteiger partial charge in [0, 0.05) is 24.6 Å². The van der Waals surface area contributed by atoms with E-state index >= 15 is 0 Å². The third kappa shape index (κ3) is 4.54. The molecule has 2 aromatic rings. The minimum absolute atomic E-state index is 0.114. The highest BCUT2D eigenvalue weighted by Crippen LogP contribution is 2.40. The van der Waals surface area contributed by atoms with Crippen molar-refractivity contribution in [3.8, 4) is 10.6 Å². The lowest BCUT2D eigenvalue weighted by molar-refractivity contribution is -0.125. The van der Waals surface area contributed by atoms with Crippen molar-refractivity contribution < 1.29 is 14.3 Å². The third-order valence-electron chi connectivity index (χ3n) is 3.99. The van der Waals surface area contributed by atoms with E-state index in [4.69, 9.17) is 27.9 Å². The third-order valence-corrected chi connectivity index (χ3v) is 5.62. The summed E-state index contributed by atoms with van der Waals surface area (Å²) >= 11 is 13.3. The first kappa shape index (κ1) is 19.1. The SMILES string of the molecule is COCCNC(=O)C1CC1C(=O)Nc1csc(-c2ccc(Cl)c(Cl)c2)n1. The lowest BCUT2D eigenvalue weighted by Gasteiger charge is -2.04. The van der Waals surface area contributed by atoms with Gasteiger partial charge in [-0.1, -0.05) is 29.3 Å². The summed E-state index contributed by atoms with van der Waals surface area (Å²) in [5, 5.41) is 8.92. The number of amides is 2. The molecule has 9 heteroatoms. The van der Waals surface area contributed by atoms with Crippen molar-refractivity contribution >= 4 is 52.2 Å². The second-order valence-corrected chi connectivity index (χ2v) is 7.56. The minimum atomic E-state index is -0.312. The van der Waals surface area contributed by atoms with Crippen LogP contribution in [0.3, 0.4) is 0 Å². The summed E-state index contributed by atoms with van der Waals surface area (Å²) < 4.78 is 4.88. The summed E-state index contributed by atoms with van der Waals surface area (Å²) in [5.74, 6) is -0.431. The van der Waals surface area contributed by atoms with E-state index in [0.717, 1.165) is 10.6 Å². The Bertz CT molecular complexity index is 827. The first-order valence-electron chi connectivity index (χ1n) is 7.98. The number of carbonyl (C=O) groups is 2. The molecular weight excluding hydrogens is 397 g/mol. The Morgan fingerprint density at radius 3 is 2.77 bits per heavy atom. The van der Waals surface area contributed by atoms with Crippen LogP contribution in [-0.4, -0.2) is 37.1 Å². The monoisotopic (exact) mass is 413 g/mol. The van der Waals surface area contributed by atoms with Gasteiger partial charge in [-0.05, 0) is 18.6 Å². The van der Waals surface area contributed by atoms with Crippen LogP contribution in [0, 0.1) is 11.8 Å². The number of hydrogen-bond acceptors (Lipinski definition) is 5. The highest BCUT2D eigenvalue weighted by molar-refractivity contribution is 7.13. The predicted octanol–water partition coefficient (Wildman–Crippen LogP) is 3.45. The first-order valence-corrected chi connectivity index (χ1v) is 9.61. The molecule has 1 heterocycles. The Morgan fingerprint density at radius 2 is 2.04 bits per heavy atom. The van der Waals surface area contributed by atoms with E-state index in [0.29, 0.717) is 35.4 Å². The zero-order valence-electron chi connectivity index (χ0n) is 13.9. The number of nitrogens with one attached hydrogen (secondary N) is 2. The predicted molar refractivity (Wildman–Crippen MR) is 103 cm³/mol. The molecule has 2 unspecified atom stereocenters. The van der Waals surface area contributed by atoms with Crippen molar-refractivity contribution in [2.45, 2.75) is 6.42 Å². The number of aromatic nitrogens is 1. The van der Waals surface area contributed by atoms with E-state index in [2.05, 4.69) is 15.6 Å². The van der Waals surface area contributed by atoms with E-state index in [9.17, 15) is 9.59 Å². The van der Waals surface area contributed by atoms with Gasteiger partial charge >= 0.3 is 0 Å². The number of ether oxygens (including phenoxy) is 1. The molecule has 6 nitrogen and oxygen atoms in total. The maximum atomic E-state index is 12.3. The van der Waals surface area contributed by atoms with Crippen LogP contribution >= 0.6 is 34.5 Å². The number of hydrogen-bond donors (Lipinski definition) is 2. The van der Waals surface area contributed by atoms with Crippen molar-refractivity contribution in [1.82, 2.24) is 10.3 Å². The molecule has 138 valence electrons. The molecule has 1 aromatic carbocycles. The summed E-state index contributed by atoms with van der Waals surface area (Å²) in [6, 6.07) is 5.26. The van der Waals surface area contributed by atoms with Crippen LogP contribution in [0.4, 0.5) is 5.82 Å². The molecule has 3 rings (SSSR count). The van der Waals surface area contributed by atoms with Gasteiger partial charge in [-0.25, -0.2) is 4.98 Å². The van der Waals surface area contributed by atoms with Crippen LogP contribution in [-0.2, 0) is 14.3 Å². The number of carbonyl (C=O) groups excluding carboxylic acids is 2. The Hall–Kier alpha value is -1.67. The maximum Gasteiger partial charge on any atom is 0.229 e. The summed E-state index contributed by atoms with van der Waals surface area (Å²) in [5.41, 5.74) is 0.826. The normalized spacial score (nSPS) is 18.4. The van der Waals surface area contributed by atoms with Gasteiger partial charge in [-0.3, -0.25) is 9.59 Å². The van der Waals surface area contributed by atoms with Gasteiger partial charge in [0.05, 0.1) is 28.5 Å². The molecule has 1 aromatic heterocycles. The molecule has 0 radical (unpaired) electrons. The highest BCUT2D eigenvalue weighted by atomic mass is 35.5. The zero-order chi connectivity index (χ0) is 18.7. The molecule has 1 aliphatic rings. The standard InChI is InChI=1S/C17H17Cl2N3O3S/c1-25-5-4-20-15(23)10-7-11(10)16(24)21-14-8-26-17(22-14)9-2-3-12(18)13(19)6-9/h2-3,6,8,10-11H,4-5,7H2,1H3,(H,20,23)(H,21,24). The maximum absolute atomic E-state index is 12.3. The second kappa shape index (κ2) is 8.35. The molecule has 2 atom stereocenters. The van der Waals surface area contributed by atoms with Gasteiger partial charge in [0.2, 0.25) is 11.8 Å². The Balaban J connectivity index is 1.55. The van der Waals surface area contributed by atoms with Gasteiger partial charge in [0.15, 0.2) is 0 Å². The molecule has 1 fully saturated rings. The zero-order valence-corrected chi connectivity index (χ0v) is 16.2. The average Bonchev–Trinajstić information content (AvgIpc) is 3.30. The van der Waals surface area contributed by atoms with Gasteiger partial charge in [0.25, 0.3) is 0 Å². The van der Waals surface area contributed by atoms with Crippen molar-refractivity contribution in [2.75, 3.05) is 25.6 Å². The summed E-state index contributed by atoms with van der Waals surface area (Å²) in [4.78, 5) is 28.6. The van der Waals surface area contributed by atoms with E-state index in [-0.39, 0.29) is 23.7 Å². The largest absolute Gasteiger partial charge is 0.383 e. The minimum Gasteiger partial charge on any atom is -0.383 e. The molecule has 26 heavy (non-hydrogen) atoms. The quantitative estimate of drug-likeness (QED) is 0.681. The molecule has 2 amide bonds. The highest BCUT2D eigenvalue weighted by Gasteiger charge is 2.48. The van der Waals surface area contributed by atoms with Crippen LogP contribution < -0.4 is 10.6 Å². The van der Waals surface area contributed by atoms with Crippen LogP contribution in [0.25, 0.3) is 10.6 Å². The number of rotatable bonds is 7. The number of nitrogens with zero attached hydrogens (tertiary/aromatic N) is 1. The van der Waals surface area contributed by atoms with E-state index in [1.54, 1.807) is 24.6 Å². The van der Waals surface area contributed by atoms with Crippen LogP contribution in [0.15, 0.2) is 23.6 Å². The number of halogens is 2. The number of methoxy groups -OCH3 is 1. The first-order chi connectivity index (χ1) is 12.5. The fourth-order valence-electron chi connectivity index (χ4n) is 2.49. The Kier molecular flexibility index (Phi) is 6.13. The number of benzene rings is 1. The van der Waals surface area contributed by atoms with Crippen molar-refractivity contribution in [3.63, 3.8) is 0 Å². The summed E-state index contributed by atoms with van der Waals surface area (Å²) in [7, 11) is 1.57. The van der Waals surface area contributed by atoms with Crippen LogP contribution in [0.5, 0.6) is 0 Å². The van der Waals surface area contributed by atoms with E-state index < -0.39 is 0 Å². The van der Waals surface area contributed by atoms with Crippen molar-refractivity contribution in [1.29, 1.82) is 0 Å². The lowest BCUT2D eigenvalue weighted by Crippen LogP contribution is -2.30. The number of anilines is 1. The van der Waals surface area contributed by atoms with Crippen molar-refractivity contribution in [2.24, 2.45) is 11.8 Å². The van der Waals surface area contributed by atoms with Gasteiger partial charge in [0.1, 0.15) is 10.8 Å². The molecule has 2 N–H and O–H groups in total. The summed E-state index contributed by atoms with van der Waals surface area (Å²) in [6.45, 7) is 0.894. The molecule has 1 saturated carbocycles. The van der Waals surface area contributed by atoms with Crippen molar-refractivity contribution in [3.05, 3.63) is 33.6 Å². The second-order valence-electron chi connectivity index (χ2n) is 5.89. The van der Waals surface area contributed by atoms with Gasteiger partial charge in [-0.2, -0.15) is 0 Å². The Labute approximate surface area is 164 Å². The van der Waals surface area contributed by atoms with E-state index in [1.807, 2.05) is 6.07 Å². The lowest BCUT2D eigenvalue weighted by atomic mass is 10.2. The number of thiazole rings is 1. The Morgan fingerprint density at radius 1 is 1.27 bits per heavy atom. The van der Waals surface area contributed by atoms with Gasteiger partial charge < -0.3 is 15.4 Å². The van der Waals surface area contributed by atoms with Crippen LogP contribution in [0.2, 0.25) is 10.0 Å².